The number of carboxylic acid groups (broad SMARTS) is 2. The number of aliphatic carboxylic acids is 2. The number of nitrogens with one attached hydrogen (secondary N) is 2. The van der Waals surface area contributed by atoms with Gasteiger partial charge in [0.05, 0.1) is 0 Å². The van der Waals surface area contributed by atoms with Crippen molar-refractivity contribution < 1.29 is 34.1 Å². The van der Waals surface area contributed by atoms with Crippen LogP contribution >= 0.6 is 0 Å². The summed E-state index contributed by atoms with van der Waals surface area (Å²) in [5.74, 6) is -3.90. The molecular formula is C30H32N2O7. The molecule has 0 aliphatic heterocycles. The zero-order valence-electron chi connectivity index (χ0n) is 21.6. The van der Waals surface area contributed by atoms with Crippen molar-refractivity contribution in [2.75, 3.05) is 6.54 Å². The summed E-state index contributed by atoms with van der Waals surface area (Å²) in [5, 5.41) is 23.7. The summed E-state index contributed by atoms with van der Waals surface area (Å²) in [6.45, 7) is 2.56. The molecule has 1 atom stereocenters. The molecule has 0 aliphatic rings. The van der Waals surface area contributed by atoms with Gasteiger partial charge in [0, 0.05) is 18.5 Å². The van der Waals surface area contributed by atoms with Gasteiger partial charge in [-0.2, -0.15) is 0 Å². The van der Waals surface area contributed by atoms with Crippen molar-refractivity contribution in [3.8, 4) is 16.9 Å². The predicted octanol–water partition coefficient (Wildman–Crippen LogP) is 3.92. The lowest BCUT2D eigenvalue weighted by Crippen LogP contribution is -2.48. The Morgan fingerprint density at radius 2 is 1.41 bits per heavy atom. The van der Waals surface area contributed by atoms with Crippen LogP contribution in [-0.4, -0.2) is 52.7 Å². The Balaban J connectivity index is 1.71. The van der Waals surface area contributed by atoms with Crippen molar-refractivity contribution in [3.63, 3.8) is 0 Å². The molecule has 0 heterocycles. The maximum absolute atomic E-state index is 13.1. The van der Waals surface area contributed by atoms with Gasteiger partial charge < -0.3 is 25.6 Å². The highest BCUT2D eigenvalue weighted by Gasteiger charge is 2.28. The first-order valence-corrected chi connectivity index (χ1v) is 12.7. The topological polar surface area (TPSA) is 142 Å². The van der Waals surface area contributed by atoms with Crippen LogP contribution in [0.4, 0.5) is 0 Å². The van der Waals surface area contributed by atoms with Gasteiger partial charge in [-0.05, 0) is 47.4 Å². The molecule has 3 aromatic rings. The maximum Gasteiger partial charge on any atom is 0.356 e. The zero-order chi connectivity index (χ0) is 28.2. The quantitative estimate of drug-likeness (QED) is 0.182. The Bertz CT molecular complexity index is 1240. The number of amides is 2. The van der Waals surface area contributed by atoms with E-state index < -0.39 is 30.0 Å². The number of hydrogen-bond donors (Lipinski definition) is 4. The Morgan fingerprint density at radius 1 is 0.795 bits per heavy atom. The summed E-state index contributed by atoms with van der Waals surface area (Å²) in [6, 6.07) is 22.1. The minimum absolute atomic E-state index is 0.0525. The molecule has 4 N–H and O–H groups in total. The van der Waals surface area contributed by atoms with Crippen molar-refractivity contribution in [3.05, 3.63) is 90.0 Å². The molecule has 0 saturated carbocycles. The number of hydrogen-bond acceptors (Lipinski definition) is 5. The predicted molar refractivity (Wildman–Crippen MR) is 146 cm³/mol. The van der Waals surface area contributed by atoms with E-state index in [4.69, 9.17) is 14.9 Å². The van der Waals surface area contributed by atoms with E-state index in [2.05, 4.69) is 17.6 Å². The van der Waals surface area contributed by atoms with E-state index in [1.807, 2.05) is 42.5 Å². The molecule has 9 nitrogen and oxygen atoms in total. The van der Waals surface area contributed by atoms with Crippen LogP contribution in [0.1, 0.15) is 42.1 Å². The molecule has 0 radical (unpaired) electrons. The molecule has 0 saturated heterocycles. The molecule has 0 bridgehead atoms. The second kappa shape index (κ2) is 14.3. The number of benzene rings is 3. The highest BCUT2D eigenvalue weighted by molar-refractivity contribution is 5.98. The molecule has 204 valence electrons. The summed E-state index contributed by atoms with van der Waals surface area (Å²) in [7, 11) is 0. The second-order valence-corrected chi connectivity index (χ2v) is 8.99. The smallest absolute Gasteiger partial charge is 0.356 e. The van der Waals surface area contributed by atoms with Gasteiger partial charge in [-0.25, -0.2) is 9.59 Å². The Hall–Kier alpha value is -4.66. The van der Waals surface area contributed by atoms with Gasteiger partial charge in [0.1, 0.15) is 11.8 Å². The molecule has 39 heavy (non-hydrogen) atoms. The van der Waals surface area contributed by atoms with Crippen LogP contribution in [0.3, 0.4) is 0 Å². The molecule has 0 spiro atoms. The lowest BCUT2D eigenvalue weighted by Gasteiger charge is -2.19. The number of rotatable bonds is 14. The maximum atomic E-state index is 13.1. The summed E-state index contributed by atoms with van der Waals surface area (Å²) in [6.07, 6.45) is 0.929. The Kier molecular flexibility index (Phi) is 10.6. The molecule has 0 fully saturated rings. The first-order valence-electron chi connectivity index (χ1n) is 12.7. The average molecular weight is 533 g/mol. The lowest BCUT2D eigenvalue weighted by molar-refractivity contribution is -0.159. The number of carboxylic acids is 2. The van der Waals surface area contributed by atoms with Crippen LogP contribution in [0.5, 0.6) is 5.75 Å². The highest BCUT2D eigenvalue weighted by Crippen LogP contribution is 2.20. The van der Waals surface area contributed by atoms with Crippen LogP contribution in [0.25, 0.3) is 11.1 Å². The second-order valence-electron chi connectivity index (χ2n) is 8.99. The fourth-order valence-electron chi connectivity index (χ4n) is 3.89. The van der Waals surface area contributed by atoms with E-state index in [-0.39, 0.29) is 18.1 Å². The summed E-state index contributed by atoms with van der Waals surface area (Å²) in [5.41, 5.74) is 3.07. The van der Waals surface area contributed by atoms with Gasteiger partial charge >= 0.3 is 11.9 Å². The molecule has 9 heteroatoms. The van der Waals surface area contributed by atoms with Crippen molar-refractivity contribution >= 4 is 23.8 Å². The SMILES string of the molecule is CCCCCNC(=O)[C@H](Cc1ccc(OC(C(=O)O)C(=O)O)cc1)NC(=O)c1ccc(-c2ccccc2)cc1. The van der Waals surface area contributed by atoms with Crippen molar-refractivity contribution in [1.29, 1.82) is 0 Å². The molecule has 0 unspecified atom stereocenters. The third kappa shape index (κ3) is 8.70. The van der Waals surface area contributed by atoms with Crippen molar-refractivity contribution in [2.45, 2.75) is 44.8 Å². The zero-order valence-corrected chi connectivity index (χ0v) is 21.6. The first-order chi connectivity index (χ1) is 18.8. The van der Waals surface area contributed by atoms with E-state index in [9.17, 15) is 19.2 Å². The van der Waals surface area contributed by atoms with E-state index in [1.54, 1.807) is 24.3 Å². The van der Waals surface area contributed by atoms with Gasteiger partial charge in [0.2, 0.25) is 5.91 Å². The van der Waals surface area contributed by atoms with Crippen molar-refractivity contribution in [1.82, 2.24) is 10.6 Å². The van der Waals surface area contributed by atoms with Crippen LogP contribution < -0.4 is 15.4 Å². The minimum Gasteiger partial charge on any atom is -0.478 e. The summed E-state index contributed by atoms with van der Waals surface area (Å²) >= 11 is 0. The van der Waals surface area contributed by atoms with E-state index in [1.165, 1.54) is 12.1 Å². The monoisotopic (exact) mass is 532 g/mol. The van der Waals surface area contributed by atoms with Crippen LogP contribution in [0, 0.1) is 0 Å². The normalized spacial score (nSPS) is 11.4. The lowest BCUT2D eigenvalue weighted by atomic mass is 10.0. The molecule has 3 aromatic carbocycles. The first kappa shape index (κ1) is 28.9. The van der Waals surface area contributed by atoms with Gasteiger partial charge in [-0.15, -0.1) is 0 Å². The van der Waals surface area contributed by atoms with Crippen LogP contribution in [0.2, 0.25) is 0 Å². The van der Waals surface area contributed by atoms with Crippen LogP contribution in [-0.2, 0) is 20.8 Å². The van der Waals surface area contributed by atoms with Gasteiger partial charge in [0.15, 0.2) is 0 Å². The average Bonchev–Trinajstić information content (AvgIpc) is 2.94. The molecule has 0 aliphatic carbocycles. The van der Waals surface area contributed by atoms with Crippen LogP contribution in [0.15, 0.2) is 78.9 Å². The molecular weight excluding hydrogens is 500 g/mol. The number of carbonyl (C=O) groups is 4. The number of ether oxygens (including phenoxy) is 1. The standard InChI is InChI=1S/C30H32N2O7/c1-2-3-7-18-31-28(34)25(19-20-10-16-24(17-11-20)39-26(29(35)36)30(37)38)32-27(33)23-14-12-22(13-15-23)21-8-5-4-6-9-21/h4-6,8-17,25-26H,2-3,7,18-19H2,1H3,(H,31,34)(H,32,33)(H,35,36)(H,37,38)/t25-/m0/s1. The van der Waals surface area contributed by atoms with E-state index >= 15 is 0 Å². The van der Waals surface area contributed by atoms with E-state index in [0.29, 0.717) is 17.7 Å². The third-order valence-electron chi connectivity index (χ3n) is 6.02. The van der Waals surface area contributed by atoms with Gasteiger partial charge in [-0.1, -0.05) is 74.4 Å². The highest BCUT2D eigenvalue weighted by atomic mass is 16.5. The Morgan fingerprint density at radius 3 is 2.00 bits per heavy atom. The van der Waals surface area contributed by atoms with Gasteiger partial charge in [-0.3, -0.25) is 9.59 Å². The van der Waals surface area contributed by atoms with Gasteiger partial charge in [0.25, 0.3) is 12.0 Å². The van der Waals surface area contributed by atoms with Crippen molar-refractivity contribution in [2.24, 2.45) is 0 Å². The largest absolute Gasteiger partial charge is 0.478 e. The fourth-order valence-corrected chi connectivity index (χ4v) is 3.89. The minimum atomic E-state index is -2.04. The fraction of sp³-hybridized carbons (Fsp3) is 0.267. The summed E-state index contributed by atoms with van der Waals surface area (Å²) < 4.78 is 5.04. The number of unbranched alkanes of at least 4 members (excludes halogenated alkanes) is 2. The molecule has 2 amide bonds. The molecule has 3 rings (SSSR count). The van der Waals surface area contributed by atoms with E-state index in [0.717, 1.165) is 30.4 Å². The third-order valence-corrected chi connectivity index (χ3v) is 6.02. The molecule has 0 aromatic heterocycles. The summed E-state index contributed by atoms with van der Waals surface area (Å²) in [4.78, 5) is 48.2. The number of carbonyl (C=O) groups excluding carboxylic acids is 2. The Labute approximate surface area is 226 Å².